The van der Waals surface area contributed by atoms with Crippen LogP contribution in [-0.2, 0) is 21.9 Å². The molecule has 2 heterocycles. The highest BCUT2D eigenvalue weighted by atomic mass is 35.5. The number of sulfonamides is 1. The number of carbonyl (C=O) groups excluding carboxylic acids is 1. The molecule has 1 amide bonds. The molecule has 2 aliphatic heterocycles. The third-order valence-corrected chi connectivity index (χ3v) is 12.6. The van der Waals surface area contributed by atoms with Crippen LogP contribution >= 0.6 is 11.6 Å². The van der Waals surface area contributed by atoms with Gasteiger partial charge in [0, 0.05) is 29.1 Å². The van der Waals surface area contributed by atoms with Gasteiger partial charge in [-0.3, -0.25) is 4.79 Å². The van der Waals surface area contributed by atoms with Crippen LogP contribution in [0.25, 0.3) is 0 Å². The zero-order chi connectivity index (χ0) is 30.4. The summed E-state index contributed by atoms with van der Waals surface area (Å²) in [5, 5.41) is 11.2. The predicted octanol–water partition coefficient (Wildman–Crippen LogP) is 6.02. The van der Waals surface area contributed by atoms with Gasteiger partial charge in [-0.15, -0.1) is 0 Å². The van der Waals surface area contributed by atoms with Gasteiger partial charge in [0.25, 0.3) is 5.91 Å². The van der Waals surface area contributed by atoms with Gasteiger partial charge in [-0.05, 0) is 104 Å². The number of anilines is 1. The normalized spacial score (nSPS) is 32.8. The molecule has 2 aromatic carbocycles. The number of ether oxygens (including phenoxy) is 1. The van der Waals surface area contributed by atoms with E-state index < -0.39 is 27.3 Å². The van der Waals surface area contributed by atoms with Crippen molar-refractivity contribution in [3.05, 3.63) is 70.3 Å². The minimum Gasteiger partial charge on any atom is -0.490 e. The van der Waals surface area contributed by atoms with Crippen molar-refractivity contribution in [2.45, 2.75) is 82.0 Å². The summed E-state index contributed by atoms with van der Waals surface area (Å²) in [6, 6.07) is 11.4. The predicted molar refractivity (Wildman–Crippen MR) is 170 cm³/mol. The summed E-state index contributed by atoms with van der Waals surface area (Å²) in [4.78, 5) is 15.8. The van der Waals surface area contributed by atoms with Crippen molar-refractivity contribution < 1.29 is 23.1 Å². The van der Waals surface area contributed by atoms with E-state index in [0.717, 1.165) is 49.4 Å². The number of halogens is 1. The Morgan fingerprint density at radius 1 is 1.19 bits per heavy atom. The zero-order valence-corrected chi connectivity index (χ0v) is 26.7. The molecule has 0 saturated heterocycles. The summed E-state index contributed by atoms with van der Waals surface area (Å²) in [6.07, 6.45) is 9.79. The average molecular weight is 627 g/mol. The summed E-state index contributed by atoms with van der Waals surface area (Å²) in [6.45, 7) is 5.77. The largest absolute Gasteiger partial charge is 0.490 e. The van der Waals surface area contributed by atoms with Crippen LogP contribution in [0.2, 0.25) is 5.02 Å². The van der Waals surface area contributed by atoms with Gasteiger partial charge >= 0.3 is 0 Å². The molecule has 0 radical (unpaired) electrons. The Labute approximate surface area is 260 Å². The van der Waals surface area contributed by atoms with Crippen molar-refractivity contribution in [3.63, 3.8) is 0 Å². The van der Waals surface area contributed by atoms with Crippen LogP contribution in [0.1, 0.15) is 80.3 Å². The number of fused-ring (bicyclic) bond motifs is 4. The minimum atomic E-state index is -3.93. The number of benzene rings is 2. The molecule has 1 saturated carbocycles. The number of aliphatic hydroxyl groups excluding tert-OH is 1. The highest BCUT2D eigenvalue weighted by molar-refractivity contribution is 7.90. The maximum atomic E-state index is 13.5. The van der Waals surface area contributed by atoms with Crippen LogP contribution in [0.5, 0.6) is 5.75 Å². The molecule has 43 heavy (non-hydrogen) atoms. The Bertz CT molecular complexity index is 1510. The van der Waals surface area contributed by atoms with Gasteiger partial charge in [0.15, 0.2) is 0 Å². The fourth-order valence-corrected chi connectivity index (χ4v) is 9.82. The average Bonchev–Trinajstić information content (AvgIpc) is 3.10. The van der Waals surface area contributed by atoms with Crippen molar-refractivity contribution in [1.29, 1.82) is 0 Å². The second kappa shape index (κ2) is 12.1. The van der Waals surface area contributed by atoms with Crippen LogP contribution in [0.15, 0.2) is 48.6 Å². The zero-order valence-electron chi connectivity index (χ0n) is 25.1. The van der Waals surface area contributed by atoms with Crippen LogP contribution in [0.4, 0.5) is 5.69 Å². The molecule has 2 N–H and O–H groups in total. The number of aliphatic hydroxyl groups is 1. The minimum absolute atomic E-state index is 0.127. The Kier molecular flexibility index (Phi) is 8.57. The van der Waals surface area contributed by atoms with E-state index in [4.69, 9.17) is 16.3 Å². The second-order valence-electron chi connectivity index (χ2n) is 13.2. The quantitative estimate of drug-likeness (QED) is 0.396. The monoisotopic (exact) mass is 626 g/mol. The molecular formula is C34H43ClN2O5S. The van der Waals surface area contributed by atoms with Crippen LogP contribution < -0.4 is 14.4 Å². The first-order valence-electron chi connectivity index (χ1n) is 15.8. The smallest absolute Gasteiger partial charge is 0.264 e. The molecule has 1 fully saturated rings. The first kappa shape index (κ1) is 30.5. The molecule has 6 atom stereocenters. The van der Waals surface area contributed by atoms with Crippen molar-refractivity contribution >= 4 is 33.2 Å². The van der Waals surface area contributed by atoms with Gasteiger partial charge in [0.05, 0.1) is 23.6 Å². The molecule has 2 bridgehead atoms. The van der Waals surface area contributed by atoms with Crippen molar-refractivity contribution in [3.8, 4) is 5.75 Å². The number of nitrogens with zero attached hydrogens (tertiary/aromatic N) is 1. The summed E-state index contributed by atoms with van der Waals surface area (Å²) < 4.78 is 36.0. The van der Waals surface area contributed by atoms with E-state index in [1.54, 1.807) is 18.2 Å². The summed E-state index contributed by atoms with van der Waals surface area (Å²) in [5.41, 5.74) is 3.35. The number of amides is 1. The Morgan fingerprint density at radius 2 is 2.02 bits per heavy atom. The molecule has 2 unspecified atom stereocenters. The van der Waals surface area contributed by atoms with Crippen LogP contribution in [0.3, 0.4) is 0 Å². The molecule has 9 heteroatoms. The van der Waals surface area contributed by atoms with Crippen molar-refractivity contribution in [2.75, 3.05) is 24.6 Å². The third-order valence-electron chi connectivity index (χ3n) is 10.4. The van der Waals surface area contributed by atoms with Crippen LogP contribution in [-0.4, -0.2) is 50.5 Å². The number of nitrogens with one attached hydrogen (secondary N) is 1. The maximum Gasteiger partial charge on any atom is 0.264 e. The lowest BCUT2D eigenvalue weighted by molar-refractivity contribution is 0.0455. The molecule has 1 spiro atoms. The van der Waals surface area contributed by atoms with E-state index >= 15 is 0 Å². The molecule has 6 rings (SSSR count). The molecule has 7 nitrogen and oxygen atoms in total. The number of hydrogen-bond acceptors (Lipinski definition) is 6. The number of hydrogen-bond donors (Lipinski definition) is 2. The van der Waals surface area contributed by atoms with E-state index in [2.05, 4.69) is 21.8 Å². The van der Waals surface area contributed by atoms with E-state index in [1.807, 2.05) is 32.1 Å². The molecular weight excluding hydrogens is 584 g/mol. The lowest BCUT2D eigenvalue weighted by Crippen LogP contribution is -2.49. The maximum absolute atomic E-state index is 13.5. The Hall–Kier alpha value is -2.55. The lowest BCUT2D eigenvalue weighted by atomic mass is 9.68. The third kappa shape index (κ3) is 5.95. The van der Waals surface area contributed by atoms with E-state index in [1.165, 1.54) is 11.1 Å². The van der Waals surface area contributed by atoms with Gasteiger partial charge in [0.2, 0.25) is 10.0 Å². The molecule has 0 aromatic heterocycles. The molecule has 232 valence electrons. The highest BCUT2D eigenvalue weighted by Gasteiger charge is 2.44. The summed E-state index contributed by atoms with van der Waals surface area (Å²) >= 11 is 6.39. The van der Waals surface area contributed by atoms with Gasteiger partial charge in [-0.1, -0.05) is 50.1 Å². The molecule has 4 aliphatic rings. The Morgan fingerprint density at radius 3 is 2.79 bits per heavy atom. The van der Waals surface area contributed by atoms with Gasteiger partial charge in [-0.25, -0.2) is 13.1 Å². The first-order chi connectivity index (χ1) is 20.6. The van der Waals surface area contributed by atoms with Gasteiger partial charge in [0.1, 0.15) is 5.75 Å². The fourth-order valence-electron chi connectivity index (χ4n) is 7.83. The summed E-state index contributed by atoms with van der Waals surface area (Å²) in [7, 11) is -3.93. The molecule has 2 aromatic rings. The lowest BCUT2D eigenvalue weighted by Gasteiger charge is -2.45. The van der Waals surface area contributed by atoms with Gasteiger partial charge < -0.3 is 14.7 Å². The van der Waals surface area contributed by atoms with E-state index in [9.17, 15) is 18.3 Å². The number of carbonyl (C=O) groups is 1. The van der Waals surface area contributed by atoms with E-state index in [0.29, 0.717) is 43.7 Å². The number of allylic oxidation sites excluding steroid dienone is 1. The number of rotatable bonds is 2. The molecule has 2 aliphatic carbocycles. The van der Waals surface area contributed by atoms with Crippen molar-refractivity contribution in [1.82, 2.24) is 4.72 Å². The SMILES string of the molecule is CCCC1[C@H](C)C/C=C/C(O)[C@@H]2CC[C@H]2CN2C[C@@]3(CCCc4cc(Cl)ccc43)COc3ccc(cc32)C(=O)NS1(=O)=O. The van der Waals surface area contributed by atoms with Crippen LogP contribution in [0, 0.1) is 17.8 Å². The standard InChI is InChI=1S/C34H43ClN2O5S/c1-3-6-32-22(2)7-4-9-30(38)27-13-10-25(27)19-37-20-34(16-5-8-23-17-26(35)12-14-28(23)34)21-42-31-15-11-24(18-29(31)37)33(39)36-43(32,40)41/h4,9,11-12,14-15,17-18,22,25,27,30,32,38H,3,5-8,10,13,16,19-21H2,1-2H3,(H,36,39)/b9-4+/t22-,25+,27-,30?,32?,34+/m1/s1. The fraction of sp³-hybridized carbons (Fsp3) is 0.559. The van der Waals surface area contributed by atoms with E-state index in [-0.39, 0.29) is 23.2 Å². The summed E-state index contributed by atoms with van der Waals surface area (Å²) in [5.74, 6) is 0.271. The topological polar surface area (TPSA) is 95.9 Å². The van der Waals surface area contributed by atoms with Gasteiger partial charge in [-0.2, -0.15) is 0 Å². The second-order valence-corrected chi connectivity index (χ2v) is 15.6. The number of aryl methyl sites for hydroxylation is 1. The van der Waals surface area contributed by atoms with Crippen molar-refractivity contribution in [2.24, 2.45) is 17.8 Å². The Balaban J connectivity index is 1.42. The highest BCUT2D eigenvalue weighted by Crippen LogP contribution is 2.46. The first-order valence-corrected chi connectivity index (χ1v) is 17.7.